The summed E-state index contributed by atoms with van der Waals surface area (Å²) in [5.41, 5.74) is 7.35. The topological polar surface area (TPSA) is 96.1 Å². The molecule has 1 aliphatic carbocycles. The van der Waals surface area contributed by atoms with Crippen LogP contribution in [0.1, 0.15) is 75.3 Å². The maximum Gasteiger partial charge on any atom is 0.406 e. The number of benzene rings is 2. The fourth-order valence-corrected chi connectivity index (χ4v) is 4.01. The average Bonchev–Trinajstić information content (AvgIpc) is 3.37. The zero-order chi connectivity index (χ0) is 26.7. The van der Waals surface area contributed by atoms with Crippen LogP contribution in [-0.4, -0.2) is 37.8 Å². The molecule has 7 nitrogen and oxygen atoms in total. The first-order valence-corrected chi connectivity index (χ1v) is 12.5. The van der Waals surface area contributed by atoms with Crippen molar-refractivity contribution >= 4 is 17.5 Å². The normalized spacial score (nSPS) is 13.8. The van der Waals surface area contributed by atoms with Crippen molar-refractivity contribution in [3.05, 3.63) is 64.2 Å². The molecule has 1 unspecified atom stereocenters. The first-order chi connectivity index (χ1) is 17.2. The summed E-state index contributed by atoms with van der Waals surface area (Å²) in [7, 11) is 2.82. The number of nitrogens with one attached hydrogen (secondary N) is 1. The second kappa shape index (κ2) is 14.0. The first-order valence-electron chi connectivity index (χ1n) is 12.5. The summed E-state index contributed by atoms with van der Waals surface area (Å²) < 4.78 is 9.92. The molecular weight excluding hydrogens is 452 g/mol. The van der Waals surface area contributed by atoms with E-state index in [4.69, 9.17) is 4.74 Å². The molecule has 0 bridgehead atoms. The summed E-state index contributed by atoms with van der Waals surface area (Å²) in [6.07, 6.45) is 4.03. The number of rotatable bonds is 7. The van der Waals surface area contributed by atoms with Crippen molar-refractivity contribution in [2.45, 2.75) is 66.4 Å². The highest BCUT2D eigenvalue weighted by Gasteiger charge is 2.17. The number of alkyl carbamates (subject to hydrolysis) is 1. The van der Waals surface area contributed by atoms with Gasteiger partial charge in [0, 0.05) is 18.5 Å². The van der Waals surface area contributed by atoms with Crippen LogP contribution in [0.5, 0.6) is 5.75 Å². The second-order valence-corrected chi connectivity index (χ2v) is 9.01. The minimum atomic E-state index is -0.407. The molecule has 0 aliphatic heterocycles. The number of methoxy groups -OCH3 is 1. The van der Waals surface area contributed by atoms with Gasteiger partial charge in [0.15, 0.2) is 0 Å². The number of nitrogens with zero attached hydrogens (tertiary/aromatic N) is 3. The SMILES string of the molecule is CCC(C)/C(=N\N=C(/C)c1cccc2c1CCC2)c1ccc(OC(C)C)c(C#N)c1.CNC(=O)OC. The zero-order valence-electron chi connectivity index (χ0n) is 22.5. The van der Waals surface area contributed by atoms with E-state index in [1.54, 1.807) is 0 Å². The largest absolute Gasteiger partial charge is 0.490 e. The molecule has 2 aromatic rings. The van der Waals surface area contributed by atoms with Gasteiger partial charge in [0.1, 0.15) is 11.8 Å². The van der Waals surface area contributed by atoms with E-state index in [0.717, 1.165) is 36.2 Å². The number of hydrogen-bond donors (Lipinski definition) is 1. The summed E-state index contributed by atoms with van der Waals surface area (Å²) in [5.74, 6) is 0.839. The Kier molecular flexibility index (Phi) is 11.1. The highest BCUT2D eigenvalue weighted by molar-refractivity contribution is 6.04. The van der Waals surface area contributed by atoms with Crippen molar-refractivity contribution in [1.29, 1.82) is 5.26 Å². The Morgan fingerprint density at radius 3 is 2.50 bits per heavy atom. The summed E-state index contributed by atoms with van der Waals surface area (Å²) >= 11 is 0. The smallest absolute Gasteiger partial charge is 0.406 e. The number of fused-ring (bicyclic) bond motifs is 1. The van der Waals surface area contributed by atoms with E-state index in [1.165, 1.54) is 37.3 Å². The Balaban J connectivity index is 0.000000678. The average molecular weight is 491 g/mol. The molecule has 1 aliphatic rings. The van der Waals surface area contributed by atoms with E-state index in [9.17, 15) is 10.1 Å². The number of aryl methyl sites for hydroxylation is 1. The molecule has 0 spiro atoms. The van der Waals surface area contributed by atoms with Gasteiger partial charge in [-0.1, -0.05) is 32.0 Å². The fraction of sp³-hybridized carbons (Fsp3) is 0.448. The molecule has 0 fully saturated rings. The molecule has 36 heavy (non-hydrogen) atoms. The number of carbonyl (C=O) groups excluding carboxylic acids is 1. The summed E-state index contributed by atoms with van der Waals surface area (Å²) in [6.45, 7) is 10.2. The summed E-state index contributed by atoms with van der Waals surface area (Å²) in [5, 5.41) is 21.2. The van der Waals surface area contributed by atoms with E-state index in [1.807, 2.05) is 39.0 Å². The Morgan fingerprint density at radius 2 is 1.92 bits per heavy atom. The Hall–Kier alpha value is -3.66. The van der Waals surface area contributed by atoms with Gasteiger partial charge in [0.2, 0.25) is 0 Å². The van der Waals surface area contributed by atoms with Crippen LogP contribution < -0.4 is 10.1 Å². The van der Waals surface area contributed by atoms with E-state index in [0.29, 0.717) is 11.3 Å². The number of nitriles is 1. The van der Waals surface area contributed by atoms with Crippen LogP contribution in [0.4, 0.5) is 4.79 Å². The molecule has 0 heterocycles. The van der Waals surface area contributed by atoms with Gasteiger partial charge in [-0.25, -0.2) is 4.79 Å². The Bertz CT molecular complexity index is 1140. The van der Waals surface area contributed by atoms with Gasteiger partial charge in [-0.2, -0.15) is 15.5 Å². The summed E-state index contributed by atoms with van der Waals surface area (Å²) in [6, 6.07) is 14.5. The van der Waals surface area contributed by atoms with Crippen LogP contribution in [0, 0.1) is 17.2 Å². The standard InChI is InChI=1S/C26H31N3O.C3H7NO2/c1-6-18(4)26(21-13-14-25(30-17(2)3)22(15-21)16-27)29-28-19(5)23-11-7-9-20-10-8-12-24(20)23;1-4-3(5)6-2/h7,9,11,13-15,17-18H,6,8,10,12H2,1-5H3;1-2H3,(H,4,5)/b28-19+,29-26+;. The lowest BCUT2D eigenvalue weighted by atomic mass is 9.95. The minimum Gasteiger partial charge on any atom is -0.490 e. The lowest BCUT2D eigenvalue weighted by molar-refractivity contribution is 0.173. The quantitative estimate of drug-likeness (QED) is 0.376. The van der Waals surface area contributed by atoms with E-state index >= 15 is 0 Å². The van der Waals surface area contributed by atoms with Crippen LogP contribution in [0.3, 0.4) is 0 Å². The third-order valence-corrected chi connectivity index (χ3v) is 6.07. The molecular formula is C29H38N4O3. The first kappa shape index (κ1) is 28.6. The van der Waals surface area contributed by atoms with Gasteiger partial charge >= 0.3 is 6.09 Å². The molecule has 0 radical (unpaired) electrons. The van der Waals surface area contributed by atoms with Crippen molar-refractivity contribution in [2.75, 3.05) is 14.2 Å². The number of amides is 1. The molecule has 1 N–H and O–H groups in total. The van der Waals surface area contributed by atoms with Crippen LogP contribution in [0.25, 0.3) is 0 Å². The summed E-state index contributed by atoms with van der Waals surface area (Å²) in [4.78, 5) is 9.85. The Labute approximate surface area is 215 Å². The third kappa shape index (κ3) is 7.67. The predicted molar refractivity (Wildman–Crippen MR) is 145 cm³/mol. The van der Waals surface area contributed by atoms with Gasteiger partial charge in [-0.15, -0.1) is 0 Å². The van der Waals surface area contributed by atoms with Gasteiger partial charge in [0.05, 0.1) is 30.2 Å². The lowest BCUT2D eigenvalue weighted by Crippen LogP contribution is -2.16. The highest BCUT2D eigenvalue weighted by Crippen LogP contribution is 2.26. The van der Waals surface area contributed by atoms with Crippen molar-refractivity contribution in [2.24, 2.45) is 16.1 Å². The van der Waals surface area contributed by atoms with Gasteiger partial charge in [-0.05, 0) is 81.3 Å². The van der Waals surface area contributed by atoms with Crippen LogP contribution in [-0.2, 0) is 17.6 Å². The lowest BCUT2D eigenvalue weighted by Gasteiger charge is -2.15. The molecule has 3 rings (SSSR count). The van der Waals surface area contributed by atoms with Gasteiger partial charge < -0.3 is 14.8 Å². The number of hydrogen-bond acceptors (Lipinski definition) is 6. The molecule has 192 valence electrons. The molecule has 1 amide bonds. The van der Waals surface area contributed by atoms with Crippen molar-refractivity contribution in [3.63, 3.8) is 0 Å². The number of carbonyl (C=O) groups is 1. The third-order valence-electron chi connectivity index (χ3n) is 6.07. The molecule has 0 saturated heterocycles. The minimum absolute atomic E-state index is 0.0190. The predicted octanol–water partition coefficient (Wildman–Crippen LogP) is 6.07. The molecule has 1 atom stereocenters. The van der Waals surface area contributed by atoms with E-state index in [2.05, 4.69) is 58.4 Å². The van der Waals surface area contributed by atoms with Crippen LogP contribution in [0.15, 0.2) is 46.6 Å². The molecule has 0 saturated carbocycles. The van der Waals surface area contributed by atoms with Crippen molar-refractivity contribution < 1.29 is 14.3 Å². The van der Waals surface area contributed by atoms with Crippen LogP contribution in [0.2, 0.25) is 0 Å². The molecule has 2 aromatic carbocycles. The molecule has 7 heteroatoms. The highest BCUT2D eigenvalue weighted by atomic mass is 16.5. The van der Waals surface area contributed by atoms with Crippen molar-refractivity contribution in [1.82, 2.24) is 5.32 Å². The van der Waals surface area contributed by atoms with Crippen molar-refractivity contribution in [3.8, 4) is 11.8 Å². The van der Waals surface area contributed by atoms with E-state index < -0.39 is 6.09 Å². The van der Waals surface area contributed by atoms with E-state index in [-0.39, 0.29) is 12.0 Å². The van der Waals surface area contributed by atoms with Gasteiger partial charge in [0.25, 0.3) is 0 Å². The van der Waals surface area contributed by atoms with Gasteiger partial charge in [-0.3, -0.25) is 0 Å². The maximum atomic E-state index is 9.85. The zero-order valence-corrected chi connectivity index (χ0v) is 22.5. The molecule has 0 aromatic heterocycles. The Morgan fingerprint density at radius 1 is 1.17 bits per heavy atom. The number of ether oxygens (including phenoxy) is 2. The fourth-order valence-electron chi connectivity index (χ4n) is 4.01. The second-order valence-electron chi connectivity index (χ2n) is 9.01. The monoisotopic (exact) mass is 490 g/mol. The maximum absolute atomic E-state index is 9.85. The van der Waals surface area contributed by atoms with Crippen LogP contribution >= 0.6 is 0 Å².